The van der Waals surface area contributed by atoms with E-state index in [2.05, 4.69) is 6.92 Å². The van der Waals surface area contributed by atoms with Gasteiger partial charge in [0.1, 0.15) is 5.82 Å². The first kappa shape index (κ1) is 15.4. The molecule has 1 aromatic carbocycles. The molecule has 1 saturated carbocycles. The Labute approximate surface area is 122 Å². The van der Waals surface area contributed by atoms with Crippen molar-refractivity contribution in [3.8, 4) is 0 Å². The molecule has 0 aliphatic heterocycles. The van der Waals surface area contributed by atoms with Gasteiger partial charge < -0.3 is 4.90 Å². The number of non-ortho nitro benzene ring substituents is 1. The van der Waals surface area contributed by atoms with E-state index in [1.807, 2.05) is 0 Å². The Kier molecular flexibility index (Phi) is 4.55. The predicted octanol–water partition coefficient (Wildman–Crippen LogP) is 3.38. The highest BCUT2D eigenvalue weighted by molar-refractivity contribution is 5.95. The summed E-state index contributed by atoms with van der Waals surface area (Å²) in [5.41, 5.74) is -0.505. The molecule has 1 fully saturated rings. The van der Waals surface area contributed by atoms with Crippen LogP contribution in [0, 0.1) is 21.8 Å². The van der Waals surface area contributed by atoms with Gasteiger partial charge in [0.25, 0.3) is 11.6 Å². The molecule has 21 heavy (non-hydrogen) atoms. The van der Waals surface area contributed by atoms with Crippen molar-refractivity contribution in [2.75, 3.05) is 7.05 Å². The summed E-state index contributed by atoms with van der Waals surface area (Å²) >= 11 is 0. The van der Waals surface area contributed by atoms with Crippen LogP contribution in [0.15, 0.2) is 18.2 Å². The molecule has 0 spiro atoms. The molecule has 1 aliphatic rings. The molecule has 2 rings (SSSR count). The summed E-state index contributed by atoms with van der Waals surface area (Å²) < 4.78 is 13.8. The smallest absolute Gasteiger partial charge is 0.270 e. The minimum Gasteiger partial charge on any atom is -0.338 e. The van der Waals surface area contributed by atoms with Gasteiger partial charge in [0.2, 0.25) is 0 Å². The van der Waals surface area contributed by atoms with Gasteiger partial charge in [0.05, 0.1) is 10.5 Å². The highest BCUT2D eigenvalue weighted by Gasteiger charge is 2.30. The molecule has 1 amide bonds. The number of benzene rings is 1. The zero-order chi connectivity index (χ0) is 15.6. The lowest BCUT2D eigenvalue weighted by atomic mass is 9.85. The minimum absolute atomic E-state index is 0.0601. The van der Waals surface area contributed by atoms with Gasteiger partial charge in [-0.1, -0.05) is 19.8 Å². The van der Waals surface area contributed by atoms with Crippen molar-refractivity contribution in [2.24, 2.45) is 5.92 Å². The number of nitro benzene ring substituents is 1. The van der Waals surface area contributed by atoms with Crippen molar-refractivity contribution in [3.63, 3.8) is 0 Å². The van der Waals surface area contributed by atoms with E-state index in [0.29, 0.717) is 5.92 Å². The summed E-state index contributed by atoms with van der Waals surface area (Å²) in [5.74, 6) is -0.856. The average Bonchev–Trinajstić information content (AvgIpc) is 2.46. The number of hydrogen-bond acceptors (Lipinski definition) is 3. The van der Waals surface area contributed by atoms with Gasteiger partial charge in [0.15, 0.2) is 0 Å². The maximum absolute atomic E-state index is 13.8. The number of rotatable bonds is 3. The Bertz CT molecular complexity index is 562. The summed E-state index contributed by atoms with van der Waals surface area (Å²) in [6, 6.07) is 3.12. The van der Waals surface area contributed by atoms with Crippen LogP contribution in [-0.2, 0) is 0 Å². The van der Waals surface area contributed by atoms with Crippen LogP contribution in [0.1, 0.15) is 43.0 Å². The number of halogens is 1. The number of nitrogens with zero attached hydrogens (tertiary/aromatic N) is 2. The van der Waals surface area contributed by atoms with Gasteiger partial charge in [-0.3, -0.25) is 14.9 Å². The van der Waals surface area contributed by atoms with Gasteiger partial charge in [-0.2, -0.15) is 0 Å². The molecule has 0 N–H and O–H groups in total. The molecule has 5 nitrogen and oxygen atoms in total. The van der Waals surface area contributed by atoms with Crippen LogP contribution in [0.5, 0.6) is 0 Å². The van der Waals surface area contributed by atoms with Crippen molar-refractivity contribution in [2.45, 2.75) is 38.6 Å². The van der Waals surface area contributed by atoms with Gasteiger partial charge in [-0.25, -0.2) is 4.39 Å². The third-order valence-corrected chi connectivity index (χ3v) is 4.28. The number of hydrogen-bond donors (Lipinski definition) is 0. The molecule has 1 aromatic rings. The first-order valence-corrected chi connectivity index (χ1v) is 7.13. The van der Waals surface area contributed by atoms with Gasteiger partial charge in [-0.05, 0) is 24.8 Å². The maximum Gasteiger partial charge on any atom is 0.270 e. The molecule has 0 aromatic heterocycles. The lowest BCUT2D eigenvalue weighted by molar-refractivity contribution is -0.384. The molecular formula is C15H19FN2O3. The molecule has 2 atom stereocenters. The fraction of sp³-hybridized carbons (Fsp3) is 0.533. The molecule has 114 valence electrons. The average molecular weight is 294 g/mol. The lowest BCUT2D eigenvalue weighted by Gasteiger charge is -2.36. The standard InChI is InChI=1S/C15H19FN2O3/c1-10-5-3-4-6-14(10)17(2)15(19)12-9-11(18(20)21)7-8-13(12)16/h7-10,14H,3-6H2,1-2H3. The molecule has 0 saturated heterocycles. The summed E-state index contributed by atoms with van der Waals surface area (Å²) in [5, 5.41) is 10.8. The van der Waals surface area contributed by atoms with Crippen molar-refractivity contribution in [3.05, 3.63) is 39.7 Å². The van der Waals surface area contributed by atoms with Crippen molar-refractivity contribution in [1.29, 1.82) is 0 Å². The third-order valence-electron chi connectivity index (χ3n) is 4.28. The van der Waals surface area contributed by atoms with Crippen LogP contribution >= 0.6 is 0 Å². The molecule has 0 heterocycles. The predicted molar refractivity (Wildman–Crippen MR) is 76.6 cm³/mol. The normalized spacial score (nSPS) is 21.9. The molecule has 2 unspecified atom stereocenters. The van der Waals surface area contributed by atoms with Crippen LogP contribution in [0.3, 0.4) is 0 Å². The third kappa shape index (κ3) is 3.20. The van der Waals surface area contributed by atoms with Crippen molar-refractivity contribution < 1.29 is 14.1 Å². The first-order valence-electron chi connectivity index (χ1n) is 7.13. The molecule has 0 radical (unpaired) electrons. The topological polar surface area (TPSA) is 63.5 Å². The fourth-order valence-electron chi connectivity index (χ4n) is 3.00. The Morgan fingerprint density at radius 1 is 1.38 bits per heavy atom. The van der Waals surface area contributed by atoms with E-state index in [0.717, 1.165) is 43.9 Å². The fourth-order valence-corrected chi connectivity index (χ4v) is 3.00. The van der Waals surface area contributed by atoms with E-state index in [4.69, 9.17) is 0 Å². The molecule has 1 aliphatic carbocycles. The van der Waals surface area contributed by atoms with E-state index in [9.17, 15) is 19.3 Å². The Balaban J connectivity index is 2.26. The number of carbonyl (C=O) groups excluding carboxylic acids is 1. The van der Waals surface area contributed by atoms with Crippen LogP contribution in [0.25, 0.3) is 0 Å². The molecule has 0 bridgehead atoms. The second-order valence-electron chi connectivity index (χ2n) is 5.67. The second-order valence-corrected chi connectivity index (χ2v) is 5.67. The van der Waals surface area contributed by atoms with Gasteiger partial charge in [-0.15, -0.1) is 0 Å². The number of carbonyl (C=O) groups is 1. The Hall–Kier alpha value is -1.98. The summed E-state index contributed by atoms with van der Waals surface area (Å²) in [4.78, 5) is 24.1. The van der Waals surface area contributed by atoms with Gasteiger partial charge >= 0.3 is 0 Å². The first-order chi connectivity index (χ1) is 9.91. The highest BCUT2D eigenvalue weighted by Crippen LogP contribution is 2.29. The summed E-state index contributed by atoms with van der Waals surface area (Å²) in [7, 11) is 1.65. The number of nitro groups is 1. The zero-order valence-electron chi connectivity index (χ0n) is 12.2. The maximum atomic E-state index is 13.8. The summed E-state index contributed by atoms with van der Waals surface area (Å²) in [6.07, 6.45) is 4.12. The second kappa shape index (κ2) is 6.20. The molecular weight excluding hydrogens is 275 g/mol. The van der Waals surface area contributed by atoms with E-state index >= 15 is 0 Å². The van der Waals surface area contributed by atoms with Crippen LogP contribution in [-0.4, -0.2) is 28.8 Å². The van der Waals surface area contributed by atoms with Crippen LogP contribution in [0.2, 0.25) is 0 Å². The quantitative estimate of drug-likeness (QED) is 0.634. The monoisotopic (exact) mass is 294 g/mol. The van der Waals surface area contributed by atoms with Crippen LogP contribution < -0.4 is 0 Å². The largest absolute Gasteiger partial charge is 0.338 e. The van der Waals surface area contributed by atoms with Crippen LogP contribution in [0.4, 0.5) is 10.1 Å². The number of amides is 1. The van der Waals surface area contributed by atoms with E-state index in [-0.39, 0.29) is 17.3 Å². The van der Waals surface area contributed by atoms with E-state index in [1.54, 1.807) is 7.05 Å². The highest BCUT2D eigenvalue weighted by atomic mass is 19.1. The Morgan fingerprint density at radius 3 is 2.67 bits per heavy atom. The minimum atomic E-state index is -0.721. The van der Waals surface area contributed by atoms with Crippen molar-refractivity contribution >= 4 is 11.6 Å². The van der Waals surface area contributed by atoms with Gasteiger partial charge in [0, 0.05) is 25.2 Å². The van der Waals surface area contributed by atoms with E-state index in [1.165, 1.54) is 4.90 Å². The summed E-state index contributed by atoms with van der Waals surface area (Å²) in [6.45, 7) is 2.08. The Morgan fingerprint density at radius 2 is 2.05 bits per heavy atom. The van der Waals surface area contributed by atoms with Crippen molar-refractivity contribution in [1.82, 2.24) is 4.90 Å². The van der Waals surface area contributed by atoms with E-state index < -0.39 is 16.6 Å². The molecule has 6 heteroatoms. The lowest BCUT2D eigenvalue weighted by Crippen LogP contribution is -2.42. The SMILES string of the molecule is CC1CCCCC1N(C)C(=O)c1cc([N+](=O)[O-])ccc1F. The zero-order valence-corrected chi connectivity index (χ0v) is 12.2.